The van der Waals surface area contributed by atoms with Crippen molar-refractivity contribution in [3.8, 4) is 0 Å². The zero-order valence-electron chi connectivity index (χ0n) is 22.7. The monoisotopic (exact) mass is 510 g/mol. The summed E-state index contributed by atoms with van der Waals surface area (Å²) in [5.74, 6) is -0.250. The van der Waals surface area contributed by atoms with Crippen LogP contribution in [0.1, 0.15) is 99.3 Å². The molecule has 0 amide bonds. The second-order valence-electron chi connectivity index (χ2n) is 9.74. The molecule has 0 atom stereocenters. The Morgan fingerprint density at radius 3 is 1.97 bits per heavy atom. The van der Waals surface area contributed by atoms with Gasteiger partial charge in [0.15, 0.2) is 6.29 Å². The van der Waals surface area contributed by atoms with Crippen LogP contribution in [0, 0.1) is 5.41 Å². The van der Waals surface area contributed by atoms with E-state index in [4.69, 9.17) is 24.4 Å². The molecule has 0 bridgehead atoms. The van der Waals surface area contributed by atoms with Gasteiger partial charge in [-0.15, -0.1) is 0 Å². The van der Waals surface area contributed by atoms with Gasteiger partial charge in [0.25, 0.3) is 0 Å². The Morgan fingerprint density at radius 1 is 0.829 bits per heavy atom. The van der Waals surface area contributed by atoms with E-state index in [-0.39, 0.29) is 24.5 Å². The molecule has 0 fully saturated rings. The number of hydrogen-bond donors (Lipinski definition) is 1. The lowest BCUT2D eigenvalue weighted by molar-refractivity contribution is -0.326. The molecule has 0 radical (unpaired) electrons. The van der Waals surface area contributed by atoms with Crippen LogP contribution in [0.4, 0.5) is 9.59 Å². The number of methoxy groups -OCH3 is 2. The van der Waals surface area contributed by atoms with E-state index >= 15 is 0 Å². The van der Waals surface area contributed by atoms with E-state index in [9.17, 15) is 14.4 Å². The minimum atomic E-state index is -1.73. The Bertz CT molecular complexity index is 566. The number of hydrogen-bond acceptors (Lipinski definition) is 10. The van der Waals surface area contributed by atoms with Gasteiger partial charge in [-0.1, -0.05) is 47.0 Å². The first-order valence-corrected chi connectivity index (χ1v) is 11.9. The molecule has 0 aliphatic rings. The predicted octanol–water partition coefficient (Wildman–Crippen LogP) is 6.18. The maximum absolute atomic E-state index is 11.5. The first-order chi connectivity index (χ1) is 16.3. The Hall–Kier alpha value is -2.11. The van der Waals surface area contributed by atoms with Crippen molar-refractivity contribution in [1.29, 1.82) is 0 Å². The fraction of sp³-hybridized carbons (Fsp3) is 0.875. The molecule has 0 unspecified atom stereocenters. The Kier molecular flexibility index (Phi) is 20.2. The quantitative estimate of drug-likeness (QED) is 0.0888. The lowest BCUT2D eigenvalue weighted by Crippen LogP contribution is -2.25. The van der Waals surface area contributed by atoms with Crippen LogP contribution in [0.5, 0.6) is 0 Å². The van der Waals surface area contributed by atoms with Gasteiger partial charge in [-0.25, -0.2) is 14.5 Å². The first-order valence-electron chi connectivity index (χ1n) is 11.9. The van der Waals surface area contributed by atoms with Crippen LogP contribution in [0.2, 0.25) is 0 Å². The maximum Gasteiger partial charge on any atom is 0.549 e. The van der Waals surface area contributed by atoms with Crippen molar-refractivity contribution in [2.24, 2.45) is 5.41 Å². The van der Waals surface area contributed by atoms with Crippen LogP contribution in [-0.2, 0) is 38.6 Å². The summed E-state index contributed by atoms with van der Waals surface area (Å²) in [7, 11) is 2.98. The van der Waals surface area contributed by atoms with Crippen molar-refractivity contribution in [2.75, 3.05) is 20.8 Å². The van der Waals surface area contributed by atoms with Crippen molar-refractivity contribution in [1.82, 2.24) is 0 Å². The van der Waals surface area contributed by atoms with Gasteiger partial charge in [0.2, 0.25) is 0 Å². The average Bonchev–Trinajstić information content (AvgIpc) is 2.76. The summed E-state index contributed by atoms with van der Waals surface area (Å²) in [6.45, 7) is 12.7. The van der Waals surface area contributed by atoms with Crippen LogP contribution in [0.25, 0.3) is 0 Å². The molecule has 11 heteroatoms. The minimum absolute atomic E-state index is 0.0467. The third kappa shape index (κ3) is 26.3. The highest BCUT2D eigenvalue weighted by atomic mass is 17.3. The largest absolute Gasteiger partial charge is 0.549 e. The maximum atomic E-state index is 11.5. The highest BCUT2D eigenvalue weighted by Crippen LogP contribution is 2.22. The van der Waals surface area contributed by atoms with Crippen LogP contribution < -0.4 is 0 Å². The van der Waals surface area contributed by atoms with Gasteiger partial charge in [-0.05, 0) is 44.9 Å². The molecule has 0 aromatic heterocycles. The summed E-state index contributed by atoms with van der Waals surface area (Å²) < 4.78 is 14.2. The summed E-state index contributed by atoms with van der Waals surface area (Å²) in [6.07, 6.45) is 4.36. The van der Waals surface area contributed by atoms with Crippen molar-refractivity contribution < 1.29 is 53.3 Å². The third-order valence-corrected chi connectivity index (χ3v) is 4.53. The zero-order valence-corrected chi connectivity index (χ0v) is 22.7. The zero-order chi connectivity index (χ0) is 27.3. The molecular formula is C24H46O11. The molecule has 0 aromatic rings. The number of carbonyl (C=O) groups is 3. The Balaban J connectivity index is 0. The Labute approximate surface area is 209 Å². The number of carboxylic acid groups (broad SMARTS) is 1. The lowest BCUT2D eigenvalue weighted by Gasteiger charge is -2.21. The second kappa shape index (κ2) is 20.1. The predicted molar refractivity (Wildman–Crippen MR) is 127 cm³/mol. The normalized spacial score (nSPS) is 11.3. The molecule has 0 aliphatic heterocycles. The Morgan fingerprint density at radius 2 is 1.46 bits per heavy atom. The second-order valence-corrected chi connectivity index (χ2v) is 9.74. The lowest BCUT2D eigenvalue weighted by atomic mass is 9.89. The molecule has 0 aliphatic carbocycles. The number of unbranched alkanes of at least 4 members (excludes halogenated alkanes) is 2. The smallest absolute Gasteiger partial charge is 0.447 e. The summed E-state index contributed by atoms with van der Waals surface area (Å²) in [6, 6.07) is 0. The van der Waals surface area contributed by atoms with Gasteiger partial charge < -0.3 is 19.3 Å². The number of ether oxygens (including phenoxy) is 3. The van der Waals surface area contributed by atoms with Crippen molar-refractivity contribution >= 4 is 18.3 Å². The molecule has 11 nitrogen and oxygen atoms in total. The standard InChI is InChI=1S/C16H32O3.C8H14O8/c1-7-12-16(5,6)19-18-14(17)11-9-8-10-13-15(2,3)4;1-12-6(13-2)4-3-5-14-8(11)16-15-7(9)10/h7-13H2,1-6H3;6H,3-5H2,1-2H3,(H,9,10). The highest BCUT2D eigenvalue weighted by molar-refractivity contribution is 5.68. The van der Waals surface area contributed by atoms with E-state index in [1.54, 1.807) is 0 Å². The van der Waals surface area contributed by atoms with E-state index < -0.39 is 12.3 Å². The van der Waals surface area contributed by atoms with Gasteiger partial charge in [0, 0.05) is 27.1 Å². The number of carbonyl (C=O) groups excluding carboxylic acids is 2. The summed E-state index contributed by atoms with van der Waals surface area (Å²) >= 11 is 0. The SMILES string of the molecule is CCCC(C)(C)OOC(=O)CCCCCC(C)(C)C.COC(CCCOC(=O)OOC(=O)O)OC. The molecule has 0 rings (SSSR count). The molecule has 35 heavy (non-hydrogen) atoms. The van der Waals surface area contributed by atoms with Gasteiger partial charge in [0.05, 0.1) is 6.61 Å². The van der Waals surface area contributed by atoms with Crippen LogP contribution in [0.15, 0.2) is 0 Å². The molecule has 208 valence electrons. The van der Waals surface area contributed by atoms with Crippen molar-refractivity contribution in [3.05, 3.63) is 0 Å². The molecule has 1 N–H and O–H groups in total. The van der Waals surface area contributed by atoms with Crippen molar-refractivity contribution in [2.45, 2.75) is 111 Å². The summed E-state index contributed by atoms with van der Waals surface area (Å²) in [5, 5.41) is 7.98. The molecular weight excluding hydrogens is 464 g/mol. The summed E-state index contributed by atoms with van der Waals surface area (Å²) in [5.41, 5.74) is 0.00441. The van der Waals surface area contributed by atoms with Gasteiger partial charge >= 0.3 is 18.3 Å². The van der Waals surface area contributed by atoms with Gasteiger partial charge in [0.1, 0.15) is 5.60 Å². The fourth-order valence-corrected chi connectivity index (χ4v) is 2.78. The average molecular weight is 511 g/mol. The van der Waals surface area contributed by atoms with E-state index in [0.29, 0.717) is 24.7 Å². The molecule has 0 spiro atoms. The molecule has 0 saturated heterocycles. The first kappa shape index (κ1) is 35.1. The van der Waals surface area contributed by atoms with Crippen LogP contribution >= 0.6 is 0 Å². The van der Waals surface area contributed by atoms with Crippen LogP contribution in [-0.4, -0.2) is 56.1 Å². The van der Waals surface area contributed by atoms with Crippen molar-refractivity contribution in [3.63, 3.8) is 0 Å². The van der Waals surface area contributed by atoms with E-state index in [0.717, 1.165) is 25.7 Å². The minimum Gasteiger partial charge on any atom is -0.447 e. The van der Waals surface area contributed by atoms with Gasteiger partial charge in [-0.2, -0.15) is 14.6 Å². The van der Waals surface area contributed by atoms with E-state index in [2.05, 4.69) is 42.2 Å². The van der Waals surface area contributed by atoms with E-state index in [1.165, 1.54) is 27.1 Å². The molecule has 0 aromatic carbocycles. The highest BCUT2D eigenvalue weighted by Gasteiger charge is 2.21. The van der Waals surface area contributed by atoms with Gasteiger partial charge in [-0.3, -0.25) is 4.89 Å². The molecule has 0 saturated carbocycles. The van der Waals surface area contributed by atoms with Crippen LogP contribution in [0.3, 0.4) is 0 Å². The topological polar surface area (TPSA) is 136 Å². The summed E-state index contributed by atoms with van der Waals surface area (Å²) in [4.78, 5) is 49.3. The van der Waals surface area contributed by atoms with E-state index in [1.807, 2.05) is 13.8 Å². The fourth-order valence-electron chi connectivity index (χ4n) is 2.78. The molecule has 0 heterocycles. The number of rotatable bonds is 15. The third-order valence-electron chi connectivity index (χ3n) is 4.53.